The van der Waals surface area contributed by atoms with E-state index in [1.165, 1.54) is 0 Å². The Hall–Kier alpha value is -1.55. The van der Waals surface area contributed by atoms with Crippen molar-refractivity contribution in [2.24, 2.45) is 11.3 Å². The zero-order chi connectivity index (χ0) is 14.0. The van der Waals surface area contributed by atoms with E-state index in [-0.39, 0.29) is 11.8 Å². The smallest absolute Gasteiger partial charge is 0.223 e. The van der Waals surface area contributed by atoms with Crippen LogP contribution in [0.15, 0.2) is 24.3 Å². The Morgan fingerprint density at radius 1 is 1.40 bits per heavy atom. The number of hydrogen-bond acceptors (Lipinski definition) is 3. The van der Waals surface area contributed by atoms with Crippen LogP contribution in [0.1, 0.15) is 24.8 Å². The van der Waals surface area contributed by atoms with Crippen LogP contribution in [0.4, 0.5) is 0 Å². The predicted octanol–water partition coefficient (Wildman–Crippen LogP) is 1.70. The van der Waals surface area contributed by atoms with Gasteiger partial charge in [0.25, 0.3) is 0 Å². The lowest BCUT2D eigenvalue weighted by Gasteiger charge is -2.23. The van der Waals surface area contributed by atoms with Crippen molar-refractivity contribution in [1.82, 2.24) is 10.6 Å². The van der Waals surface area contributed by atoms with Crippen molar-refractivity contribution in [2.75, 3.05) is 20.2 Å². The van der Waals surface area contributed by atoms with Gasteiger partial charge in [0.1, 0.15) is 5.75 Å². The molecular formula is C16H22N2O2. The SMILES string of the molecule is COc1ccccc1CNC(=O)C1CC12CCNCC2. The normalized spacial score (nSPS) is 23.4. The first kappa shape index (κ1) is 13.4. The Morgan fingerprint density at radius 3 is 2.90 bits per heavy atom. The fourth-order valence-electron chi connectivity index (χ4n) is 3.35. The first-order valence-corrected chi connectivity index (χ1v) is 7.35. The van der Waals surface area contributed by atoms with Crippen LogP contribution < -0.4 is 15.4 Å². The van der Waals surface area contributed by atoms with E-state index in [4.69, 9.17) is 4.74 Å². The first-order valence-electron chi connectivity index (χ1n) is 7.35. The van der Waals surface area contributed by atoms with Crippen molar-refractivity contribution in [3.63, 3.8) is 0 Å². The van der Waals surface area contributed by atoms with Gasteiger partial charge in [0.2, 0.25) is 5.91 Å². The lowest BCUT2D eigenvalue weighted by Crippen LogP contribution is -2.33. The van der Waals surface area contributed by atoms with Gasteiger partial charge in [-0.15, -0.1) is 0 Å². The van der Waals surface area contributed by atoms with Crippen LogP contribution in [0, 0.1) is 11.3 Å². The summed E-state index contributed by atoms with van der Waals surface area (Å²) in [6.45, 7) is 2.65. The molecule has 20 heavy (non-hydrogen) atoms. The third-order valence-corrected chi connectivity index (χ3v) is 4.75. The molecule has 1 aromatic rings. The highest BCUT2D eigenvalue weighted by Crippen LogP contribution is 2.58. The van der Waals surface area contributed by atoms with Gasteiger partial charge in [-0.2, -0.15) is 0 Å². The van der Waals surface area contributed by atoms with E-state index >= 15 is 0 Å². The van der Waals surface area contributed by atoms with E-state index in [2.05, 4.69) is 10.6 Å². The molecule has 2 fully saturated rings. The molecule has 1 spiro atoms. The highest BCUT2D eigenvalue weighted by atomic mass is 16.5. The Labute approximate surface area is 119 Å². The van der Waals surface area contributed by atoms with Crippen LogP contribution in [0.3, 0.4) is 0 Å². The topological polar surface area (TPSA) is 50.4 Å². The number of nitrogens with one attached hydrogen (secondary N) is 2. The monoisotopic (exact) mass is 274 g/mol. The van der Waals surface area contributed by atoms with Crippen LogP contribution >= 0.6 is 0 Å². The molecular weight excluding hydrogens is 252 g/mol. The number of para-hydroxylation sites is 1. The molecule has 1 aromatic carbocycles. The third kappa shape index (κ3) is 2.52. The highest BCUT2D eigenvalue weighted by Gasteiger charge is 2.57. The van der Waals surface area contributed by atoms with E-state index in [0.29, 0.717) is 12.0 Å². The second kappa shape index (κ2) is 5.44. The molecule has 1 unspecified atom stereocenters. The Morgan fingerprint density at radius 2 is 2.15 bits per heavy atom. The summed E-state index contributed by atoms with van der Waals surface area (Å²) in [7, 11) is 1.66. The van der Waals surface area contributed by atoms with E-state index in [1.807, 2.05) is 24.3 Å². The number of rotatable bonds is 4. The summed E-state index contributed by atoms with van der Waals surface area (Å²) < 4.78 is 5.30. The lowest BCUT2D eigenvalue weighted by molar-refractivity contribution is -0.123. The molecule has 0 aromatic heterocycles. The second-order valence-corrected chi connectivity index (χ2v) is 5.90. The summed E-state index contributed by atoms with van der Waals surface area (Å²) in [6, 6.07) is 7.82. The molecule has 1 amide bonds. The minimum Gasteiger partial charge on any atom is -0.496 e. The van der Waals surface area contributed by atoms with E-state index in [0.717, 1.165) is 43.7 Å². The Kier molecular flexibility index (Phi) is 3.66. The van der Waals surface area contributed by atoms with Crippen molar-refractivity contribution in [2.45, 2.75) is 25.8 Å². The molecule has 2 N–H and O–H groups in total. The minimum absolute atomic E-state index is 0.206. The molecule has 1 saturated heterocycles. The zero-order valence-corrected chi connectivity index (χ0v) is 11.9. The fraction of sp³-hybridized carbons (Fsp3) is 0.562. The number of methoxy groups -OCH3 is 1. The quantitative estimate of drug-likeness (QED) is 0.878. The minimum atomic E-state index is 0.206. The maximum atomic E-state index is 12.3. The van der Waals surface area contributed by atoms with Crippen molar-refractivity contribution < 1.29 is 9.53 Å². The number of benzene rings is 1. The third-order valence-electron chi connectivity index (χ3n) is 4.75. The summed E-state index contributed by atoms with van der Waals surface area (Å²) >= 11 is 0. The molecule has 2 aliphatic rings. The molecule has 0 bridgehead atoms. The first-order chi connectivity index (χ1) is 9.75. The van der Waals surface area contributed by atoms with Crippen LogP contribution in [-0.4, -0.2) is 26.1 Å². The van der Waals surface area contributed by atoms with Gasteiger partial charge in [-0.05, 0) is 43.8 Å². The van der Waals surface area contributed by atoms with Crippen molar-refractivity contribution in [3.8, 4) is 5.75 Å². The number of piperidine rings is 1. The maximum absolute atomic E-state index is 12.3. The Balaban J connectivity index is 1.55. The highest BCUT2D eigenvalue weighted by molar-refractivity contribution is 5.82. The van der Waals surface area contributed by atoms with Crippen molar-refractivity contribution in [3.05, 3.63) is 29.8 Å². The van der Waals surface area contributed by atoms with Crippen LogP contribution in [-0.2, 0) is 11.3 Å². The molecule has 1 saturated carbocycles. The average Bonchev–Trinajstić information content (AvgIpc) is 3.19. The van der Waals surface area contributed by atoms with Crippen LogP contribution in [0.25, 0.3) is 0 Å². The van der Waals surface area contributed by atoms with E-state index in [1.54, 1.807) is 7.11 Å². The molecule has 1 aliphatic heterocycles. The number of carbonyl (C=O) groups excluding carboxylic acids is 1. The Bertz CT molecular complexity index is 495. The predicted molar refractivity (Wildman–Crippen MR) is 77.5 cm³/mol. The van der Waals surface area contributed by atoms with Gasteiger partial charge in [0.05, 0.1) is 7.11 Å². The molecule has 0 radical (unpaired) electrons. The second-order valence-electron chi connectivity index (χ2n) is 5.90. The number of ether oxygens (including phenoxy) is 1. The summed E-state index contributed by atoms with van der Waals surface area (Å²) in [5, 5.41) is 6.43. The fourth-order valence-corrected chi connectivity index (χ4v) is 3.35. The van der Waals surface area contributed by atoms with Gasteiger partial charge in [0, 0.05) is 18.0 Å². The summed E-state index contributed by atoms with van der Waals surface area (Å²) in [4.78, 5) is 12.3. The molecule has 3 rings (SSSR count). The molecule has 4 nitrogen and oxygen atoms in total. The van der Waals surface area contributed by atoms with Crippen molar-refractivity contribution in [1.29, 1.82) is 0 Å². The molecule has 1 atom stereocenters. The number of hydrogen-bond donors (Lipinski definition) is 2. The summed E-state index contributed by atoms with van der Waals surface area (Å²) in [6.07, 6.45) is 3.34. The number of carbonyl (C=O) groups is 1. The molecule has 1 heterocycles. The number of amides is 1. The van der Waals surface area contributed by atoms with Gasteiger partial charge in [-0.25, -0.2) is 0 Å². The van der Waals surface area contributed by atoms with Gasteiger partial charge < -0.3 is 15.4 Å². The largest absolute Gasteiger partial charge is 0.496 e. The molecule has 4 heteroatoms. The van der Waals surface area contributed by atoms with Gasteiger partial charge in [-0.3, -0.25) is 4.79 Å². The maximum Gasteiger partial charge on any atom is 0.223 e. The standard InChI is InChI=1S/C16H22N2O2/c1-20-14-5-3-2-4-12(14)11-18-15(19)13-10-16(13)6-8-17-9-7-16/h2-5,13,17H,6-11H2,1H3,(H,18,19). The average molecular weight is 274 g/mol. The summed E-state index contributed by atoms with van der Waals surface area (Å²) in [5.41, 5.74) is 1.33. The van der Waals surface area contributed by atoms with Gasteiger partial charge in [-0.1, -0.05) is 18.2 Å². The van der Waals surface area contributed by atoms with E-state index < -0.39 is 0 Å². The van der Waals surface area contributed by atoms with E-state index in [9.17, 15) is 4.79 Å². The molecule has 108 valence electrons. The molecule has 1 aliphatic carbocycles. The van der Waals surface area contributed by atoms with Crippen molar-refractivity contribution >= 4 is 5.91 Å². The lowest BCUT2D eigenvalue weighted by atomic mass is 9.92. The van der Waals surface area contributed by atoms with Crippen LogP contribution in [0.5, 0.6) is 5.75 Å². The van der Waals surface area contributed by atoms with Gasteiger partial charge in [0.15, 0.2) is 0 Å². The van der Waals surface area contributed by atoms with Gasteiger partial charge >= 0.3 is 0 Å². The van der Waals surface area contributed by atoms with Crippen LogP contribution in [0.2, 0.25) is 0 Å². The summed E-state index contributed by atoms with van der Waals surface area (Å²) in [5.74, 6) is 1.26. The zero-order valence-electron chi connectivity index (χ0n) is 11.9.